The average molecular weight is 227 g/mol. The van der Waals surface area contributed by atoms with E-state index in [9.17, 15) is 9.90 Å². The van der Waals surface area contributed by atoms with Gasteiger partial charge in [-0.2, -0.15) is 11.8 Å². The molecule has 1 amide bonds. The van der Waals surface area contributed by atoms with Crippen molar-refractivity contribution in [3.63, 3.8) is 0 Å². The summed E-state index contributed by atoms with van der Waals surface area (Å²) >= 11 is 1.71. The Morgan fingerprint density at radius 1 is 1.73 bits per heavy atom. The van der Waals surface area contributed by atoms with E-state index < -0.39 is 5.60 Å². The Labute approximate surface area is 92.0 Å². The van der Waals surface area contributed by atoms with Gasteiger partial charge in [0.05, 0.1) is 17.4 Å². The molecule has 2 N–H and O–H groups in total. The Balaban J connectivity index is 1.85. The lowest BCUT2D eigenvalue weighted by molar-refractivity contribution is 0.0612. The molecule has 0 aromatic carbocycles. The fourth-order valence-corrected chi connectivity index (χ4v) is 2.77. The minimum absolute atomic E-state index is 0.200. The van der Waals surface area contributed by atoms with Crippen LogP contribution in [-0.4, -0.2) is 34.7 Å². The zero-order valence-electron chi connectivity index (χ0n) is 8.23. The monoisotopic (exact) mass is 227 g/mol. The van der Waals surface area contributed by atoms with Gasteiger partial charge >= 0.3 is 0 Å². The Hall–Kier alpha value is -0.940. The molecule has 0 spiro atoms. The maximum absolute atomic E-state index is 11.5. The maximum atomic E-state index is 11.5. The van der Waals surface area contributed by atoms with Gasteiger partial charge in [0.2, 0.25) is 0 Å². The summed E-state index contributed by atoms with van der Waals surface area (Å²) < 4.78 is 4.81. The van der Waals surface area contributed by atoms with Gasteiger partial charge in [-0.05, 0) is 18.2 Å². The Bertz CT molecular complexity index is 330. The summed E-state index contributed by atoms with van der Waals surface area (Å²) in [7, 11) is 0. The summed E-state index contributed by atoms with van der Waals surface area (Å²) in [5, 5.41) is 12.7. The van der Waals surface area contributed by atoms with Gasteiger partial charge in [-0.15, -0.1) is 0 Å². The van der Waals surface area contributed by atoms with Crippen LogP contribution in [0.3, 0.4) is 0 Å². The van der Waals surface area contributed by atoms with E-state index in [0.29, 0.717) is 17.9 Å². The quantitative estimate of drug-likeness (QED) is 0.804. The molecule has 2 rings (SSSR count). The third kappa shape index (κ3) is 2.54. The van der Waals surface area contributed by atoms with Crippen molar-refractivity contribution in [2.75, 3.05) is 18.1 Å². The zero-order valence-corrected chi connectivity index (χ0v) is 9.05. The summed E-state index contributed by atoms with van der Waals surface area (Å²) in [4.78, 5) is 11.5. The molecular formula is C10H13NO3S. The zero-order chi connectivity index (χ0) is 10.7. The number of furan rings is 1. The fraction of sp³-hybridized carbons (Fsp3) is 0.500. The molecule has 1 aromatic rings. The first kappa shape index (κ1) is 10.6. The van der Waals surface area contributed by atoms with E-state index >= 15 is 0 Å². The summed E-state index contributed by atoms with van der Waals surface area (Å²) in [6.07, 6.45) is 3.58. The Morgan fingerprint density at radius 3 is 3.20 bits per heavy atom. The maximum Gasteiger partial charge on any atom is 0.254 e. The second kappa shape index (κ2) is 4.28. The first-order chi connectivity index (χ1) is 7.20. The van der Waals surface area contributed by atoms with E-state index in [1.165, 1.54) is 12.5 Å². The van der Waals surface area contributed by atoms with Crippen molar-refractivity contribution in [3.05, 3.63) is 24.2 Å². The van der Waals surface area contributed by atoms with Crippen molar-refractivity contribution in [2.24, 2.45) is 0 Å². The number of carbonyl (C=O) groups is 1. The van der Waals surface area contributed by atoms with Crippen LogP contribution in [0.4, 0.5) is 0 Å². The lowest BCUT2D eigenvalue weighted by Gasteiger charge is -2.21. The van der Waals surface area contributed by atoms with E-state index in [0.717, 1.165) is 12.2 Å². The van der Waals surface area contributed by atoms with Crippen LogP contribution in [0.15, 0.2) is 23.0 Å². The highest BCUT2D eigenvalue weighted by Gasteiger charge is 2.32. The van der Waals surface area contributed by atoms with Crippen molar-refractivity contribution in [1.29, 1.82) is 0 Å². The SMILES string of the molecule is O=C(NCC1(O)CCSC1)c1ccoc1. The largest absolute Gasteiger partial charge is 0.472 e. The summed E-state index contributed by atoms with van der Waals surface area (Å²) in [6, 6.07) is 1.60. The summed E-state index contributed by atoms with van der Waals surface area (Å²) in [5.74, 6) is 1.45. The predicted molar refractivity (Wildman–Crippen MR) is 57.9 cm³/mol. The van der Waals surface area contributed by atoms with Crippen LogP contribution in [0.1, 0.15) is 16.8 Å². The molecule has 1 aliphatic heterocycles. The Morgan fingerprint density at radius 2 is 2.60 bits per heavy atom. The number of carbonyl (C=O) groups excluding carboxylic acids is 1. The molecule has 1 atom stereocenters. The van der Waals surface area contributed by atoms with Gasteiger partial charge in [0.15, 0.2) is 0 Å². The molecule has 82 valence electrons. The van der Waals surface area contributed by atoms with Crippen molar-refractivity contribution >= 4 is 17.7 Å². The van der Waals surface area contributed by atoms with Crippen LogP contribution in [-0.2, 0) is 0 Å². The number of hydrogen-bond acceptors (Lipinski definition) is 4. The second-order valence-corrected chi connectivity index (χ2v) is 4.83. The van der Waals surface area contributed by atoms with Crippen molar-refractivity contribution in [2.45, 2.75) is 12.0 Å². The molecule has 5 heteroatoms. The van der Waals surface area contributed by atoms with Gasteiger partial charge in [-0.3, -0.25) is 4.79 Å². The molecule has 0 aliphatic carbocycles. The van der Waals surface area contributed by atoms with Crippen LogP contribution < -0.4 is 5.32 Å². The van der Waals surface area contributed by atoms with E-state index in [1.807, 2.05) is 0 Å². The summed E-state index contributed by atoms with van der Waals surface area (Å²) in [5.41, 5.74) is -0.242. The van der Waals surface area contributed by atoms with E-state index in [-0.39, 0.29) is 5.91 Å². The number of nitrogens with one attached hydrogen (secondary N) is 1. The molecule has 1 saturated heterocycles. The highest BCUT2D eigenvalue weighted by Crippen LogP contribution is 2.26. The van der Waals surface area contributed by atoms with Gasteiger partial charge in [0.1, 0.15) is 6.26 Å². The first-order valence-electron chi connectivity index (χ1n) is 4.80. The Kier molecular flexibility index (Phi) is 3.02. The van der Waals surface area contributed by atoms with Gasteiger partial charge in [0, 0.05) is 12.3 Å². The standard InChI is InChI=1S/C10H13NO3S/c12-9(8-1-3-14-5-8)11-6-10(13)2-4-15-7-10/h1,3,5,13H,2,4,6-7H2,(H,11,12). The van der Waals surface area contributed by atoms with Crippen molar-refractivity contribution in [3.8, 4) is 0 Å². The van der Waals surface area contributed by atoms with E-state index in [1.54, 1.807) is 17.8 Å². The van der Waals surface area contributed by atoms with Crippen LogP contribution in [0.5, 0.6) is 0 Å². The van der Waals surface area contributed by atoms with Gasteiger partial charge in [0.25, 0.3) is 5.91 Å². The minimum Gasteiger partial charge on any atom is -0.472 e. The van der Waals surface area contributed by atoms with Crippen LogP contribution in [0.2, 0.25) is 0 Å². The molecule has 1 aromatic heterocycles. The molecule has 1 unspecified atom stereocenters. The topological polar surface area (TPSA) is 62.5 Å². The molecule has 0 radical (unpaired) electrons. The molecule has 1 aliphatic rings. The molecular weight excluding hydrogens is 214 g/mol. The van der Waals surface area contributed by atoms with Crippen molar-refractivity contribution < 1.29 is 14.3 Å². The smallest absolute Gasteiger partial charge is 0.254 e. The lowest BCUT2D eigenvalue weighted by atomic mass is 10.0. The van der Waals surface area contributed by atoms with Gasteiger partial charge in [-0.25, -0.2) is 0 Å². The van der Waals surface area contributed by atoms with E-state index in [2.05, 4.69) is 5.32 Å². The van der Waals surface area contributed by atoms with Gasteiger partial charge < -0.3 is 14.8 Å². The molecule has 2 heterocycles. The first-order valence-corrected chi connectivity index (χ1v) is 5.96. The third-order valence-electron chi connectivity index (χ3n) is 2.44. The van der Waals surface area contributed by atoms with Crippen molar-refractivity contribution in [1.82, 2.24) is 5.32 Å². The number of aliphatic hydroxyl groups is 1. The van der Waals surface area contributed by atoms with Gasteiger partial charge in [-0.1, -0.05) is 0 Å². The average Bonchev–Trinajstić information content (AvgIpc) is 2.85. The number of thioether (sulfide) groups is 1. The fourth-order valence-electron chi connectivity index (χ4n) is 1.48. The number of amides is 1. The number of hydrogen-bond donors (Lipinski definition) is 2. The molecule has 0 bridgehead atoms. The van der Waals surface area contributed by atoms with Crippen LogP contribution >= 0.6 is 11.8 Å². The molecule has 1 fully saturated rings. The highest BCUT2D eigenvalue weighted by molar-refractivity contribution is 7.99. The molecule has 15 heavy (non-hydrogen) atoms. The second-order valence-electron chi connectivity index (χ2n) is 3.72. The van der Waals surface area contributed by atoms with Crippen LogP contribution in [0, 0.1) is 0 Å². The molecule has 4 nitrogen and oxygen atoms in total. The predicted octanol–water partition coefficient (Wildman–Crippen LogP) is 0.877. The van der Waals surface area contributed by atoms with E-state index in [4.69, 9.17) is 4.42 Å². The summed E-state index contributed by atoms with van der Waals surface area (Å²) in [6.45, 7) is 0.310. The third-order valence-corrected chi connectivity index (χ3v) is 3.68. The highest BCUT2D eigenvalue weighted by atomic mass is 32.2. The number of rotatable bonds is 3. The normalized spacial score (nSPS) is 25.4. The minimum atomic E-state index is -0.732. The molecule has 0 saturated carbocycles. The lowest BCUT2D eigenvalue weighted by Crippen LogP contribution is -2.42. The van der Waals surface area contributed by atoms with Crippen LogP contribution in [0.25, 0.3) is 0 Å².